The molecule has 2 fully saturated rings. The Balaban J connectivity index is 1.05. The zero-order chi connectivity index (χ0) is 26.0. The minimum absolute atomic E-state index is 0.0270. The first-order valence-corrected chi connectivity index (χ1v) is 13.8. The molecule has 6 nitrogen and oxygen atoms in total. The number of likely N-dealkylation sites (tertiary alicyclic amines) is 1. The van der Waals surface area contributed by atoms with E-state index < -0.39 is 5.92 Å². The lowest BCUT2D eigenvalue weighted by Crippen LogP contribution is -2.35. The molecule has 1 saturated carbocycles. The molecular weight excluding hydrogens is 474 g/mol. The summed E-state index contributed by atoms with van der Waals surface area (Å²) in [6.07, 6.45) is 10.9. The molecule has 0 bridgehead atoms. The van der Waals surface area contributed by atoms with Crippen LogP contribution in [0.5, 0.6) is 0 Å². The number of carbonyl (C=O) groups is 1. The average molecular weight is 513 g/mol. The molecule has 2 aromatic heterocycles. The van der Waals surface area contributed by atoms with E-state index in [2.05, 4.69) is 15.2 Å². The van der Waals surface area contributed by atoms with Crippen LogP contribution in [0.15, 0.2) is 35.2 Å². The standard InChI is InChI=1S/C29H38F2N4O2/c1-3-29(30,31)25-19-37-33-28(25)22-12-15-35(16-13-22)14-11-20-7-9-21(10-8-20)17-27(36)23-5-4-6-26-24(23)18-34(2)32-26/h4-6,18-22H,3,7-17H2,1-2H3. The van der Waals surface area contributed by atoms with E-state index in [1.165, 1.54) is 26.2 Å². The number of carbonyl (C=O) groups excluding carboxylic acids is 1. The molecule has 0 spiro atoms. The molecule has 1 aliphatic heterocycles. The second-order valence-corrected chi connectivity index (χ2v) is 11.1. The first-order chi connectivity index (χ1) is 17.8. The Bertz CT molecular complexity index is 1200. The van der Waals surface area contributed by atoms with Crippen molar-refractivity contribution in [2.75, 3.05) is 19.6 Å². The molecule has 2 aliphatic rings. The van der Waals surface area contributed by atoms with E-state index in [0.29, 0.717) is 24.0 Å². The van der Waals surface area contributed by atoms with Gasteiger partial charge in [0.05, 0.1) is 16.8 Å². The highest BCUT2D eigenvalue weighted by Crippen LogP contribution is 2.39. The lowest BCUT2D eigenvalue weighted by atomic mass is 9.78. The van der Waals surface area contributed by atoms with Crippen molar-refractivity contribution in [2.24, 2.45) is 18.9 Å². The van der Waals surface area contributed by atoms with E-state index in [0.717, 1.165) is 68.0 Å². The number of piperidine rings is 1. The molecule has 0 atom stereocenters. The Morgan fingerprint density at radius 2 is 1.84 bits per heavy atom. The Kier molecular flexibility index (Phi) is 7.75. The van der Waals surface area contributed by atoms with Gasteiger partial charge in [0.15, 0.2) is 5.78 Å². The molecule has 0 unspecified atom stereocenters. The van der Waals surface area contributed by atoms with Gasteiger partial charge in [-0.2, -0.15) is 5.10 Å². The third-order valence-electron chi connectivity index (χ3n) is 8.67. The number of ketones is 1. The molecule has 8 heteroatoms. The first kappa shape index (κ1) is 26.0. The fourth-order valence-corrected chi connectivity index (χ4v) is 6.30. The molecule has 3 aromatic rings. The van der Waals surface area contributed by atoms with E-state index in [1.54, 1.807) is 4.68 Å². The maximum Gasteiger partial charge on any atom is 0.277 e. The number of rotatable bonds is 9. The highest BCUT2D eigenvalue weighted by Gasteiger charge is 2.37. The van der Waals surface area contributed by atoms with Crippen molar-refractivity contribution < 1.29 is 18.1 Å². The Labute approximate surface area is 217 Å². The van der Waals surface area contributed by atoms with E-state index in [9.17, 15) is 13.6 Å². The second-order valence-electron chi connectivity index (χ2n) is 11.1. The predicted molar refractivity (Wildman–Crippen MR) is 139 cm³/mol. The minimum Gasteiger partial charge on any atom is -0.364 e. The van der Waals surface area contributed by atoms with Gasteiger partial charge in [-0.15, -0.1) is 0 Å². The molecule has 0 N–H and O–H groups in total. The molecule has 1 aromatic carbocycles. The maximum atomic E-state index is 14.3. The van der Waals surface area contributed by atoms with Gasteiger partial charge in [0.25, 0.3) is 5.92 Å². The van der Waals surface area contributed by atoms with Gasteiger partial charge in [0.2, 0.25) is 0 Å². The summed E-state index contributed by atoms with van der Waals surface area (Å²) in [6.45, 7) is 4.38. The molecule has 0 amide bonds. The smallest absolute Gasteiger partial charge is 0.277 e. The van der Waals surface area contributed by atoms with Gasteiger partial charge >= 0.3 is 0 Å². The highest BCUT2D eigenvalue weighted by atomic mass is 19.3. The summed E-state index contributed by atoms with van der Waals surface area (Å²) in [5, 5.41) is 9.34. The first-order valence-electron chi connectivity index (χ1n) is 13.8. The van der Waals surface area contributed by atoms with Gasteiger partial charge < -0.3 is 9.42 Å². The zero-order valence-electron chi connectivity index (χ0n) is 22.0. The molecule has 3 heterocycles. The lowest BCUT2D eigenvalue weighted by Gasteiger charge is -2.34. The van der Waals surface area contributed by atoms with Crippen molar-refractivity contribution in [3.63, 3.8) is 0 Å². The summed E-state index contributed by atoms with van der Waals surface area (Å²) < 4.78 is 35.2. The van der Waals surface area contributed by atoms with Gasteiger partial charge in [-0.3, -0.25) is 9.48 Å². The third-order valence-corrected chi connectivity index (χ3v) is 8.67. The largest absolute Gasteiger partial charge is 0.364 e. The highest BCUT2D eigenvalue weighted by molar-refractivity contribution is 6.07. The predicted octanol–water partition coefficient (Wildman–Crippen LogP) is 6.71. The van der Waals surface area contributed by atoms with E-state index in [4.69, 9.17) is 4.52 Å². The van der Waals surface area contributed by atoms with Crippen molar-refractivity contribution in [3.05, 3.63) is 47.5 Å². The maximum absolute atomic E-state index is 14.3. The molecule has 37 heavy (non-hydrogen) atoms. The number of Topliss-reactive ketones (excluding diaryl/α,β-unsaturated/α-hetero) is 1. The quantitative estimate of drug-likeness (QED) is 0.298. The van der Waals surface area contributed by atoms with Crippen LogP contribution in [0.2, 0.25) is 0 Å². The van der Waals surface area contributed by atoms with Gasteiger partial charge in [-0.1, -0.05) is 37.1 Å². The number of alkyl halides is 2. The van der Waals surface area contributed by atoms with Crippen LogP contribution >= 0.6 is 0 Å². The number of aryl methyl sites for hydroxylation is 1. The fraction of sp³-hybridized carbons (Fsp3) is 0.621. The van der Waals surface area contributed by atoms with Crippen LogP contribution in [0.3, 0.4) is 0 Å². The zero-order valence-corrected chi connectivity index (χ0v) is 22.0. The van der Waals surface area contributed by atoms with Gasteiger partial charge in [-0.25, -0.2) is 8.78 Å². The number of hydrogen-bond donors (Lipinski definition) is 0. The van der Waals surface area contributed by atoms with Crippen LogP contribution in [0.1, 0.15) is 92.2 Å². The number of benzene rings is 1. The summed E-state index contributed by atoms with van der Waals surface area (Å²) in [6, 6.07) is 5.81. The molecule has 1 aliphatic carbocycles. The van der Waals surface area contributed by atoms with E-state index >= 15 is 0 Å². The van der Waals surface area contributed by atoms with E-state index in [1.807, 2.05) is 31.4 Å². The Morgan fingerprint density at radius 3 is 2.57 bits per heavy atom. The van der Waals surface area contributed by atoms with Gasteiger partial charge in [0, 0.05) is 43.0 Å². The number of hydrogen-bond acceptors (Lipinski definition) is 5. The number of halogens is 2. The van der Waals surface area contributed by atoms with E-state index in [-0.39, 0.29) is 23.7 Å². The Morgan fingerprint density at radius 1 is 1.11 bits per heavy atom. The molecule has 5 rings (SSSR count). The average Bonchev–Trinajstić information content (AvgIpc) is 3.55. The van der Waals surface area contributed by atoms with Crippen molar-refractivity contribution in [3.8, 4) is 0 Å². The Hall–Kier alpha value is -2.61. The summed E-state index contributed by atoms with van der Waals surface area (Å²) in [7, 11) is 1.89. The number of nitrogens with zero attached hydrogens (tertiary/aromatic N) is 4. The summed E-state index contributed by atoms with van der Waals surface area (Å²) >= 11 is 0. The van der Waals surface area contributed by atoms with Crippen molar-refractivity contribution in [1.29, 1.82) is 0 Å². The van der Waals surface area contributed by atoms with Crippen LogP contribution < -0.4 is 0 Å². The van der Waals surface area contributed by atoms with Crippen LogP contribution in [0.25, 0.3) is 10.9 Å². The van der Waals surface area contributed by atoms with Crippen LogP contribution in [-0.4, -0.2) is 45.3 Å². The van der Waals surface area contributed by atoms with Crippen molar-refractivity contribution in [1.82, 2.24) is 19.8 Å². The second kappa shape index (κ2) is 11.0. The van der Waals surface area contributed by atoms with Gasteiger partial charge in [-0.05, 0) is 69.6 Å². The van der Waals surface area contributed by atoms with Gasteiger partial charge in [0.1, 0.15) is 6.26 Å². The van der Waals surface area contributed by atoms with Crippen molar-refractivity contribution >= 4 is 16.7 Å². The van der Waals surface area contributed by atoms with Crippen LogP contribution in [0.4, 0.5) is 8.78 Å². The SMILES string of the molecule is CCC(F)(F)c1conc1C1CCN(CCC2CCC(CC(=O)c3cccc4nn(C)cc34)CC2)CC1. The van der Waals surface area contributed by atoms with Crippen molar-refractivity contribution in [2.45, 2.75) is 76.6 Å². The molecule has 1 saturated heterocycles. The summed E-state index contributed by atoms with van der Waals surface area (Å²) in [5.41, 5.74) is 2.11. The normalized spacial score (nSPS) is 22.1. The monoisotopic (exact) mass is 512 g/mol. The fourth-order valence-electron chi connectivity index (χ4n) is 6.30. The molecular formula is C29H38F2N4O2. The molecule has 200 valence electrons. The third kappa shape index (κ3) is 5.79. The lowest BCUT2D eigenvalue weighted by molar-refractivity contribution is -0.0102. The van der Waals surface area contributed by atoms with Crippen LogP contribution in [0, 0.1) is 11.8 Å². The molecule has 0 radical (unpaired) electrons. The summed E-state index contributed by atoms with van der Waals surface area (Å²) in [4.78, 5) is 15.5. The topological polar surface area (TPSA) is 64.2 Å². The number of fused-ring (bicyclic) bond motifs is 1. The summed E-state index contributed by atoms with van der Waals surface area (Å²) in [5.74, 6) is -1.42. The minimum atomic E-state index is -2.87. The number of aromatic nitrogens is 3. The van der Waals surface area contributed by atoms with Crippen LogP contribution in [-0.2, 0) is 13.0 Å².